The minimum Gasteiger partial charge on any atom is -0.417 e. The number of azo groups is 1. The normalized spacial score (nSPS) is 21.8. The Balaban J connectivity index is 2.22. The summed E-state index contributed by atoms with van der Waals surface area (Å²) in [6, 6.07) is 5.86. The average Bonchev–Trinajstić information content (AvgIpc) is 2.70. The molecule has 2 rings (SSSR count). The predicted molar refractivity (Wildman–Crippen MR) is 71.7 cm³/mol. The Morgan fingerprint density at radius 2 is 2.10 bits per heavy atom. The number of esters is 1. The van der Waals surface area contributed by atoms with Crippen LogP contribution in [0, 0.1) is 11.2 Å². The molecule has 106 valence electrons. The Morgan fingerprint density at radius 3 is 2.70 bits per heavy atom. The fourth-order valence-electron chi connectivity index (χ4n) is 1.53. The van der Waals surface area contributed by atoms with Crippen molar-refractivity contribution >= 4 is 11.7 Å². The summed E-state index contributed by atoms with van der Waals surface area (Å²) in [7, 11) is 0. The maximum Gasteiger partial charge on any atom is 0.314 e. The van der Waals surface area contributed by atoms with Crippen molar-refractivity contribution in [3.05, 3.63) is 41.7 Å². The van der Waals surface area contributed by atoms with E-state index in [9.17, 15) is 9.18 Å². The summed E-state index contributed by atoms with van der Waals surface area (Å²) in [6.07, 6.45) is 1.39. The van der Waals surface area contributed by atoms with Crippen molar-refractivity contribution in [3.8, 4) is 0 Å². The molecule has 2 N–H and O–H groups in total. The van der Waals surface area contributed by atoms with E-state index in [1.165, 1.54) is 18.2 Å². The van der Waals surface area contributed by atoms with Crippen molar-refractivity contribution in [2.24, 2.45) is 21.4 Å². The molecule has 0 amide bonds. The first-order valence-electron chi connectivity index (χ1n) is 6.14. The number of carbonyl (C=O) groups excluding carboxylic acids is 1. The van der Waals surface area contributed by atoms with Crippen LogP contribution >= 0.6 is 0 Å². The van der Waals surface area contributed by atoms with Crippen LogP contribution in [0.25, 0.3) is 5.70 Å². The van der Waals surface area contributed by atoms with Gasteiger partial charge in [-0.1, -0.05) is 12.1 Å². The minimum absolute atomic E-state index is 0.369. The van der Waals surface area contributed by atoms with Crippen LogP contribution in [0.5, 0.6) is 0 Å². The third-order valence-corrected chi connectivity index (χ3v) is 2.65. The summed E-state index contributed by atoms with van der Waals surface area (Å²) in [5.41, 5.74) is 6.04. The fourth-order valence-corrected chi connectivity index (χ4v) is 1.53. The van der Waals surface area contributed by atoms with Gasteiger partial charge >= 0.3 is 5.97 Å². The molecule has 0 aromatic heterocycles. The van der Waals surface area contributed by atoms with Crippen molar-refractivity contribution in [3.63, 3.8) is 0 Å². The van der Waals surface area contributed by atoms with Crippen molar-refractivity contribution in [2.45, 2.75) is 26.6 Å². The standard InChI is InChI=1S/C14H16FN3O2/c1-13(2,3)12(19)20-14(16)8-11(17-18-14)9-5-4-6-10(15)7-9/h4-8H,16H2,1-3H3. The van der Waals surface area contributed by atoms with Gasteiger partial charge in [0, 0.05) is 11.6 Å². The van der Waals surface area contributed by atoms with Crippen LogP contribution in [-0.4, -0.2) is 11.8 Å². The van der Waals surface area contributed by atoms with E-state index in [4.69, 9.17) is 10.5 Å². The van der Waals surface area contributed by atoms with Crippen LogP contribution in [0.15, 0.2) is 40.6 Å². The Kier molecular flexibility index (Phi) is 3.43. The van der Waals surface area contributed by atoms with Crippen LogP contribution < -0.4 is 5.73 Å². The number of benzene rings is 1. The lowest BCUT2D eigenvalue weighted by atomic mass is 9.97. The first kappa shape index (κ1) is 14.3. The second-order valence-corrected chi connectivity index (χ2v) is 5.63. The maximum atomic E-state index is 13.2. The molecule has 6 heteroatoms. The highest BCUT2D eigenvalue weighted by Gasteiger charge is 2.36. The van der Waals surface area contributed by atoms with Gasteiger partial charge in [-0.05, 0) is 32.9 Å². The SMILES string of the molecule is CC(C)(C)C(=O)OC1(N)C=C(c2cccc(F)c2)N=N1. The zero-order valence-corrected chi connectivity index (χ0v) is 11.6. The average molecular weight is 277 g/mol. The lowest BCUT2D eigenvalue weighted by Gasteiger charge is -2.23. The highest BCUT2D eigenvalue weighted by Crippen LogP contribution is 2.30. The Morgan fingerprint density at radius 1 is 1.40 bits per heavy atom. The summed E-state index contributed by atoms with van der Waals surface area (Å²) in [5, 5.41) is 7.61. The van der Waals surface area contributed by atoms with E-state index in [2.05, 4.69) is 10.2 Å². The quantitative estimate of drug-likeness (QED) is 0.667. The van der Waals surface area contributed by atoms with Crippen LogP contribution in [0.1, 0.15) is 26.3 Å². The minimum atomic E-state index is -1.63. The smallest absolute Gasteiger partial charge is 0.314 e. The second-order valence-electron chi connectivity index (χ2n) is 5.63. The van der Waals surface area contributed by atoms with Crippen molar-refractivity contribution in [1.82, 2.24) is 0 Å². The van der Waals surface area contributed by atoms with Crippen LogP contribution in [0.4, 0.5) is 4.39 Å². The Hall–Kier alpha value is -2.08. The predicted octanol–water partition coefficient (Wildman–Crippen LogP) is 2.83. The number of carbonyl (C=O) groups is 1. The molecule has 0 radical (unpaired) electrons. The largest absolute Gasteiger partial charge is 0.417 e. The molecule has 0 saturated heterocycles. The molecule has 1 atom stereocenters. The van der Waals surface area contributed by atoms with Gasteiger partial charge in [0.1, 0.15) is 5.82 Å². The van der Waals surface area contributed by atoms with E-state index in [-0.39, 0.29) is 5.82 Å². The van der Waals surface area contributed by atoms with E-state index in [1.54, 1.807) is 32.9 Å². The van der Waals surface area contributed by atoms with Crippen LogP contribution in [-0.2, 0) is 9.53 Å². The molecule has 1 heterocycles. The fraction of sp³-hybridized carbons (Fsp3) is 0.357. The first-order chi connectivity index (χ1) is 9.20. The van der Waals surface area contributed by atoms with Gasteiger partial charge in [0.05, 0.1) is 11.1 Å². The number of nitrogens with zero attached hydrogens (tertiary/aromatic N) is 2. The summed E-state index contributed by atoms with van der Waals surface area (Å²) in [5.74, 6) is -2.51. The molecule has 0 bridgehead atoms. The molecule has 5 nitrogen and oxygen atoms in total. The summed E-state index contributed by atoms with van der Waals surface area (Å²) >= 11 is 0. The van der Waals surface area contributed by atoms with Gasteiger partial charge in [-0.2, -0.15) is 0 Å². The van der Waals surface area contributed by atoms with Crippen molar-refractivity contribution in [2.75, 3.05) is 0 Å². The van der Waals surface area contributed by atoms with Gasteiger partial charge in [0.15, 0.2) is 0 Å². The molecule has 0 fully saturated rings. The van der Waals surface area contributed by atoms with Crippen LogP contribution in [0.3, 0.4) is 0 Å². The van der Waals surface area contributed by atoms with Gasteiger partial charge in [-0.15, -0.1) is 10.2 Å². The molecule has 1 aliphatic heterocycles. The van der Waals surface area contributed by atoms with Crippen molar-refractivity contribution in [1.29, 1.82) is 0 Å². The monoisotopic (exact) mass is 277 g/mol. The van der Waals surface area contributed by atoms with Gasteiger partial charge in [-0.25, -0.2) is 4.39 Å². The molecule has 0 aliphatic carbocycles. The summed E-state index contributed by atoms with van der Waals surface area (Å²) < 4.78 is 18.3. The molecule has 20 heavy (non-hydrogen) atoms. The number of halogens is 1. The van der Waals surface area contributed by atoms with Gasteiger partial charge in [0.2, 0.25) is 0 Å². The molecular weight excluding hydrogens is 261 g/mol. The first-order valence-corrected chi connectivity index (χ1v) is 6.14. The van der Waals surface area contributed by atoms with Gasteiger partial charge < -0.3 is 4.74 Å². The van der Waals surface area contributed by atoms with Gasteiger partial charge in [0.25, 0.3) is 5.85 Å². The van der Waals surface area contributed by atoms with Crippen molar-refractivity contribution < 1.29 is 13.9 Å². The number of nitrogens with two attached hydrogens (primary N) is 1. The number of hydrogen-bond donors (Lipinski definition) is 1. The van der Waals surface area contributed by atoms with E-state index < -0.39 is 17.2 Å². The number of hydrogen-bond acceptors (Lipinski definition) is 5. The third-order valence-electron chi connectivity index (χ3n) is 2.65. The molecule has 1 aromatic rings. The highest BCUT2D eigenvalue weighted by atomic mass is 19.1. The topological polar surface area (TPSA) is 77.0 Å². The summed E-state index contributed by atoms with van der Waals surface area (Å²) in [4.78, 5) is 11.8. The molecule has 1 aliphatic rings. The zero-order chi connectivity index (χ0) is 15.0. The molecule has 1 aromatic carbocycles. The molecule has 1 unspecified atom stereocenters. The summed E-state index contributed by atoms with van der Waals surface area (Å²) in [6.45, 7) is 5.13. The maximum absolute atomic E-state index is 13.2. The lowest BCUT2D eigenvalue weighted by molar-refractivity contribution is -0.163. The van der Waals surface area contributed by atoms with Gasteiger partial charge in [-0.3, -0.25) is 10.5 Å². The Bertz CT molecular complexity index is 605. The third kappa shape index (κ3) is 3.08. The highest BCUT2D eigenvalue weighted by molar-refractivity contribution is 5.76. The Labute approximate surface area is 116 Å². The lowest BCUT2D eigenvalue weighted by Crippen LogP contribution is -2.42. The molecule has 0 saturated carbocycles. The number of ether oxygens (including phenoxy) is 1. The molecule has 0 spiro atoms. The van der Waals surface area contributed by atoms with E-state index >= 15 is 0 Å². The van der Waals surface area contributed by atoms with E-state index in [0.717, 1.165) is 0 Å². The number of rotatable bonds is 2. The van der Waals surface area contributed by atoms with E-state index in [0.29, 0.717) is 11.3 Å². The molecular formula is C14H16FN3O2. The zero-order valence-electron chi connectivity index (χ0n) is 11.6. The van der Waals surface area contributed by atoms with E-state index in [1.807, 2.05) is 0 Å². The van der Waals surface area contributed by atoms with Crippen LogP contribution in [0.2, 0.25) is 0 Å². The second kappa shape index (κ2) is 4.79.